The van der Waals surface area contributed by atoms with Gasteiger partial charge in [-0.15, -0.1) is 0 Å². The Balaban J connectivity index is 2.33. The molecule has 16 heavy (non-hydrogen) atoms. The topological polar surface area (TPSA) is 53.8 Å². The summed E-state index contributed by atoms with van der Waals surface area (Å²) < 4.78 is 0. The molecule has 4 N–H and O–H groups in total. The van der Waals surface area contributed by atoms with Crippen LogP contribution in [-0.4, -0.2) is 4.98 Å². The van der Waals surface area contributed by atoms with E-state index in [9.17, 15) is 0 Å². The molecule has 0 amide bonds. The molecule has 0 aliphatic carbocycles. The molecule has 0 aliphatic heterocycles. The van der Waals surface area contributed by atoms with Crippen LogP contribution in [0.3, 0.4) is 0 Å². The fraction of sp³-hybridized carbons (Fsp3) is 0.167. The second-order valence-electron chi connectivity index (χ2n) is 3.86. The number of H-pyrrole nitrogens is 1. The van der Waals surface area contributed by atoms with Crippen molar-refractivity contribution in [3.05, 3.63) is 46.9 Å². The van der Waals surface area contributed by atoms with Gasteiger partial charge in [-0.05, 0) is 30.7 Å². The van der Waals surface area contributed by atoms with E-state index in [1.807, 2.05) is 19.1 Å². The first-order chi connectivity index (χ1) is 7.56. The molecule has 0 atom stereocenters. The zero-order valence-corrected chi connectivity index (χ0v) is 9.86. The molecule has 0 unspecified atom stereocenters. The Hall–Kier alpha value is -1.61. The number of fused-ring (bicyclic) bond motifs is 1. The summed E-state index contributed by atoms with van der Waals surface area (Å²) in [7, 11) is 0. The van der Waals surface area contributed by atoms with E-state index < -0.39 is 0 Å². The molecule has 84 valence electrons. The van der Waals surface area contributed by atoms with E-state index in [-0.39, 0.29) is 0 Å². The lowest BCUT2D eigenvalue weighted by molar-refractivity contribution is 0.788. The monoisotopic (exact) mass is 235 g/mol. The first-order valence-corrected chi connectivity index (χ1v) is 5.40. The van der Waals surface area contributed by atoms with Gasteiger partial charge in [0.25, 0.3) is 0 Å². The zero-order valence-electron chi connectivity index (χ0n) is 9.10. The standard InChI is InChI=1S/C12H14ClN3/c1-7-3-12-9(5-11(7)13)4-10(16-12)6-15-8(2)14/h3-5,15-16H,2,6,14H2,1H3. The van der Waals surface area contributed by atoms with E-state index in [1.165, 1.54) is 0 Å². The van der Waals surface area contributed by atoms with Gasteiger partial charge in [0.1, 0.15) is 0 Å². The van der Waals surface area contributed by atoms with Gasteiger partial charge in [0.05, 0.1) is 12.4 Å². The summed E-state index contributed by atoms with van der Waals surface area (Å²) in [6.45, 7) is 6.21. The van der Waals surface area contributed by atoms with Crippen LogP contribution in [0.15, 0.2) is 30.6 Å². The Morgan fingerprint density at radius 2 is 2.25 bits per heavy atom. The first-order valence-electron chi connectivity index (χ1n) is 5.02. The number of nitrogens with two attached hydrogens (primary N) is 1. The number of rotatable bonds is 3. The Morgan fingerprint density at radius 1 is 1.50 bits per heavy atom. The molecule has 0 fully saturated rings. The van der Waals surface area contributed by atoms with Gasteiger partial charge in [-0.1, -0.05) is 18.2 Å². The summed E-state index contributed by atoms with van der Waals surface area (Å²) >= 11 is 6.06. The molecule has 0 aliphatic rings. The first kappa shape index (κ1) is 10.9. The van der Waals surface area contributed by atoms with Crippen LogP contribution in [0.2, 0.25) is 5.02 Å². The molecule has 0 bridgehead atoms. The molecule has 0 radical (unpaired) electrons. The van der Waals surface area contributed by atoms with Gasteiger partial charge in [-0.2, -0.15) is 0 Å². The van der Waals surface area contributed by atoms with Gasteiger partial charge in [0, 0.05) is 21.6 Å². The number of hydrogen-bond donors (Lipinski definition) is 3. The number of hydrogen-bond acceptors (Lipinski definition) is 2. The van der Waals surface area contributed by atoms with Crippen molar-refractivity contribution in [1.82, 2.24) is 10.3 Å². The van der Waals surface area contributed by atoms with E-state index in [0.29, 0.717) is 12.4 Å². The molecule has 1 heterocycles. The maximum Gasteiger partial charge on any atom is 0.0889 e. The normalized spacial score (nSPS) is 10.6. The van der Waals surface area contributed by atoms with E-state index >= 15 is 0 Å². The third kappa shape index (κ3) is 2.14. The number of aryl methyl sites for hydroxylation is 1. The molecule has 0 saturated carbocycles. The van der Waals surface area contributed by atoms with E-state index in [1.54, 1.807) is 0 Å². The highest BCUT2D eigenvalue weighted by atomic mass is 35.5. The highest BCUT2D eigenvalue weighted by Gasteiger charge is 2.03. The highest BCUT2D eigenvalue weighted by Crippen LogP contribution is 2.23. The van der Waals surface area contributed by atoms with Gasteiger partial charge in [-0.25, -0.2) is 0 Å². The van der Waals surface area contributed by atoms with Crippen LogP contribution < -0.4 is 11.1 Å². The smallest absolute Gasteiger partial charge is 0.0889 e. The van der Waals surface area contributed by atoms with Crippen LogP contribution in [0.25, 0.3) is 10.9 Å². The number of aromatic amines is 1. The molecule has 2 aromatic rings. The molecule has 1 aromatic carbocycles. The van der Waals surface area contributed by atoms with Crippen molar-refractivity contribution in [2.75, 3.05) is 0 Å². The van der Waals surface area contributed by atoms with Crippen LogP contribution in [0.4, 0.5) is 0 Å². The van der Waals surface area contributed by atoms with Crippen molar-refractivity contribution in [2.24, 2.45) is 5.73 Å². The summed E-state index contributed by atoms with van der Waals surface area (Å²) in [5, 5.41) is 4.86. The average molecular weight is 236 g/mol. The van der Waals surface area contributed by atoms with Crippen molar-refractivity contribution >= 4 is 22.5 Å². The van der Waals surface area contributed by atoms with Crippen LogP contribution in [-0.2, 0) is 6.54 Å². The van der Waals surface area contributed by atoms with E-state index in [0.717, 1.165) is 27.2 Å². The molecule has 0 spiro atoms. The van der Waals surface area contributed by atoms with Crippen molar-refractivity contribution in [1.29, 1.82) is 0 Å². The highest BCUT2D eigenvalue weighted by molar-refractivity contribution is 6.32. The minimum Gasteiger partial charge on any atom is -0.386 e. The van der Waals surface area contributed by atoms with Crippen LogP contribution in [0.1, 0.15) is 11.3 Å². The van der Waals surface area contributed by atoms with Crippen molar-refractivity contribution in [3.63, 3.8) is 0 Å². The molecule has 2 rings (SSSR count). The maximum atomic E-state index is 6.06. The summed E-state index contributed by atoms with van der Waals surface area (Å²) in [5.74, 6) is 0.466. The van der Waals surface area contributed by atoms with Gasteiger partial charge in [-0.3, -0.25) is 0 Å². The third-order valence-electron chi connectivity index (χ3n) is 2.46. The Morgan fingerprint density at radius 3 is 2.94 bits per heavy atom. The molecular weight excluding hydrogens is 222 g/mol. The molecular formula is C12H14ClN3. The summed E-state index contributed by atoms with van der Waals surface area (Å²) in [6.07, 6.45) is 0. The molecule has 0 saturated heterocycles. The minimum absolute atomic E-state index is 0.466. The molecule has 1 aromatic heterocycles. The van der Waals surface area contributed by atoms with Gasteiger partial charge in [0.2, 0.25) is 0 Å². The fourth-order valence-corrected chi connectivity index (χ4v) is 1.80. The Bertz CT molecular complexity index is 503. The van der Waals surface area contributed by atoms with Crippen LogP contribution in [0, 0.1) is 6.92 Å². The minimum atomic E-state index is 0.466. The van der Waals surface area contributed by atoms with Crippen molar-refractivity contribution in [3.8, 4) is 0 Å². The lowest BCUT2D eigenvalue weighted by Crippen LogP contribution is -2.18. The molecule has 4 heteroatoms. The van der Waals surface area contributed by atoms with Crippen molar-refractivity contribution in [2.45, 2.75) is 13.5 Å². The predicted octanol–water partition coefficient (Wildman–Crippen LogP) is 2.65. The lowest BCUT2D eigenvalue weighted by atomic mass is 10.2. The number of halogens is 1. The predicted molar refractivity (Wildman–Crippen MR) is 68.2 cm³/mol. The SMILES string of the molecule is C=C(N)NCc1cc2cc(Cl)c(C)cc2[nH]1. The number of benzene rings is 1. The Kier molecular flexibility index (Phi) is 2.79. The third-order valence-corrected chi connectivity index (χ3v) is 2.87. The lowest BCUT2D eigenvalue weighted by Gasteiger charge is -2.01. The second kappa shape index (κ2) is 4.10. The maximum absolute atomic E-state index is 6.06. The van der Waals surface area contributed by atoms with Gasteiger partial charge in [0.15, 0.2) is 0 Å². The van der Waals surface area contributed by atoms with Gasteiger partial charge < -0.3 is 16.0 Å². The average Bonchev–Trinajstić information content (AvgIpc) is 2.58. The quantitative estimate of drug-likeness (QED) is 0.766. The van der Waals surface area contributed by atoms with Crippen LogP contribution >= 0.6 is 11.6 Å². The summed E-state index contributed by atoms with van der Waals surface area (Å²) in [5.41, 5.74) is 8.65. The fourth-order valence-electron chi connectivity index (χ4n) is 1.63. The number of aromatic nitrogens is 1. The van der Waals surface area contributed by atoms with E-state index in [4.69, 9.17) is 17.3 Å². The zero-order chi connectivity index (χ0) is 11.7. The van der Waals surface area contributed by atoms with Crippen LogP contribution in [0.5, 0.6) is 0 Å². The summed E-state index contributed by atoms with van der Waals surface area (Å²) in [4.78, 5) is 3.30. The largest absolute Gasteiger partial charge is 0.386 e. The van der Waals surface area contributed by atoms with Gasteiger partial charge >= 0.3 is 0 Å². The number of nitrogens with one attached hydrogen (secondary N) is 2. The van der Waals surface area contributed by atoms with Crippen molar-refractivity contribution < 1.29 is 0 Å². The Labute approximate surface area is 99.3 Å². The van der Waals surface area contributed by atoms with E-state index in [2.05, 4.69) is 22.9 Å². The second-order valence-corrected chi connectivity index (χ2v) is 4.27. The molecule has 3 nitrogen and oxygen atoms in total. The summed E-state index contributed by atoms with van der Waals surface area (Å²) in [6, 6.07) is 6.05.